The average molecular weight is 252 g/mol. The Balaban J connectivity index is 2.08. The molecule has 2 N–H and O–H groups in total. The number of pyridine rings is 1. The first-order valence-electron chi connectivity index (χ1n) is 5.98. The second kappa shape index (κ2) is 4.89. The number of anilines is 1. The monoisotopic (exact) mass is 252 g/mol. The van der Waals surface area contributed by atoms with E-state index >= 15 is 0 Å². The Labute approximate surface area is 105 Å². The normalized spacial score (nSPS) is 14.7. The van der Waals surface area contributed by atoms with Gasteiger partial charge in [-0.05, 0) is 25.5 Å². The smallest absolute Gasteiger partial charge is 0.243 e. The Bertz CT molecular complexity index is 538. The van der Waals surface area contributed by atoms with Gasteiger partial charge in [-0.3, -0.25) is 0 Å². The van der Waals surface area contributed by atoms with Crippen molar-refractivity contribution in [3.63, 3.8) is 0 Å². The van der Waals surface area contributed by atoms with Crippen molar-refractivity contribution in [1.82, 2.24) is 14.6 Å². The van der Waals surface area contributed by atoms with Gasteiger partial charge in [0.15, 0.2) is 5.65 Å². The van der Waals surface area contributed by atoms with Crippen molar-refractivity contribution in [2.45, 2.75) is 32.3 Å². The van der Waals surface area contributed by atoms with Crippen LogP contribution in [-0.2, 0) is 0 Å². The molecule has 0 saturated heterocycles. The molecular formula is C12H17FN4O. The van der Waals surface area contributed by atoms with Crippen LogP contribution in [0.15, 0.2) is 18.3 Å². The molecule has 0 saturated carbocycles. The lowest BCUT2D eigenvalue weighted by Crippen LogP contribution is -2.33. The van der Waals surface area contributed by atoms with Crippen molar-refractivity contribution in [3.8, 4) is 0 Å². The number of hydrogen-bond acceptors (Lipinski definition) is 4. The van der Waals surface area contributed by atoms with Crippen LogP contribution in [0.2, 0.25) is 0 Å². The molecule has 0 bridgehead atoms. The predicted octanol–water partition coefficient (Wildman–Crippen LogP) is 1.83. The van der Waals surface area contributed by atoms with Gasteiger partial charge >= 0.3 is 0 Å². The van der Waals surface area contributed by atoms with Crippen molar-refractivity contribution in [1.29, 1.82) is 0 Å². The van der Waals surface area contributed by atoms with E-state index in [1.807, 2.05) is 6.92 Å². The highest BCUT2D eigenvalue weighted by Crippen LogP contribution is 2.13. The van der Waals surface area contributed by atoms with Crippen LogP contribution in [0.3, 0.4) is 0 Å². The van der Waals surface area contributed by atoms with Crippen molar-refractivity contribution < 1.29 is 9.50 Å². The van der Waals surface area contributed by atoms with Crippen LogP contribution in [0.1, 0.15) is 26.7 Å². The molecule has 2 aromatic rings. The van der Waals surface area contributed by atoms with Crippen LogP contribution in [0.25, 0.3) is 5.65 Å². The first-order valence-corrected chi connectivity index (χ1v) is 5.98. The van der Waals surface area contributed by atoms with E-state index in [4.69, 9.17) is 0 Å². The summed E-state index contributed by atoms with van der Waals surface area (Å²) < 4.78 is 14.3. The molecular weight excluding hydrogens is 235 g/mol. The molecule has 98 valence electrons. The molecule has 6 heteroatoms. The minimum atomic E-state index is -0.794. The van der Waals surface area contributed by atoms with Crippen LogP contribution >= 0.6 is 0 Å². The number of nitrogens with zero attached hydrogens (tertiary/aromatic N) is 3. The molecule has 0 fully saturated rings. The SMILES string of the molecule is CCCC(C)(O)CNc1nc2ccc(F)cn2n1. The number of hydrogen-bond donors (Lipinski definition) is 2. The van der Waals surface area contributed by atoms with Gasteiger partial charge in [0.05, 0.1) is 11.8 Å². The molecule has 2 rings (SSSR count). The minimum absolute atomic E-state index is 0.361. The van der Waals surface area contributed by atoms with Gasteiger partial charge in [0.2, 0.25) is 5.95 Å². The fourth-order valence-corrected chi connectivity index (χ4v) is 1.83. The van der Waals surface area contributed by atoms with Crippen molar-refractivity contribution in [2.75, 3.05) is 11.9 Å². The third-order valence-corrected chi connectivity index (χ3v) is 2.71. The fourth-order valence-electron chi connectivity index (χ4n) is 1.83. The van der Waals surface area contributed by atoms with E-state index in [9.17, 15) is 9.50 Å². The van der Waals surface area contributed by atoms with Gasteiger partial charge in [0, 0.05) is 6.54 Å². The molecule has 18 heavy (non-hydrogen) atoms. The Kier molecular flexibility index (Phi) is 3.47. The Morgan fingerprint density at radius 1 is 1.50 bits per heavy atom. The van der Waals surface area contributed by atoms with E-state index in [-0.39, 0.29) is 5.82 Å². The van der Waals surface area contributed by atoms with E-state index in [2.05, 4.69) is 15.4 Å². The molecule has 2 aromatic heterocycles. The number of rotatable bonds is 5. The van der Waals surface area contributed by atoms with Gasteiger partial charge in [-0.15, -0.1) is 5.10 Å². The maximum Gasteiger partial charge on any atom is 0.243 e. The first-order chi connectivity index (χ1) is 8.50. The topological polar surface area (TPSA) is 62.5 Å². The molecule has 0 radical (unpaired) electrons. The van der Waals surface area contributed by atoms with Crippen molar-refractivity contribution in [2.24, 2.45) is 0 Å². The molecule has 0 aliphatic carbocycles. The van der Waals surface area contributed by atoms with Crippen molar-refractivity contribution in [3.05, 3.63) is 24.1 Å². The predicted molar refractivity (Wildman–Crippen MR) is 67.0 cm³/mol. The van der Waals surface area contributed by atoms with Gasteiger partial charge in [-0.2, -0.15) is 4.98 Å². The minimum Gasteiger partial charge on any atom is -0.388 e. The quantitative estimate of drug-likeness (QED) is 0.852. The highest BCUT2D eigenvalue weighted by molar-refractivity contribution is 5.43. The summed E-state index contributed by atoms with van der Waals surface area (Å²) >= 11 is 0. The van der Waals surface area contributed by atoms with Gasteiger partial charge in [0.25, 0.3) is 0 Å². The third kappa shape index (κ3) is 2.95. The maximum absolute atomic E-state index is 13.0. The first kappa shape index (κ1) is 12.8. The van der Waals surface area contributed by atoms with Gasteiger partial charge in [-0.25, -0.2) is 8.91 Å². The van der Waals surface area contributed by atoms with Crippen LogP contribution < -0.4 is 5.32 Å². The number of halogens is 1. The summed E-state index contributed by atoms with van der Waals surface area (Å²) in [6.45, 7) is 4.14. The van der Waals surface area contributed by atoms with Crippen LogP contribution in [0.5, 0.6) is 0 Å². The van der Waals surface area contributed by atoms with Crippen molar-refractivity contribution >= 4 is 11.6 Å². The second-order valence-electron chi connectivity index (χ2n) is 4.69. The van der Waals surface area contributed by atoms with E-state index in [1.54, 1.807) is 13.0 Å². The highest BCUT2D eigenvalue weighted by Gasteiger charge is 2.19. The number of fused-ring (bicyclic) bond motifs is 1. The number of nitrogens with one attached hydrogen (secondary N) is 1. The number of aromatic nitrogens is 3. The molecule has 0 spiro atoms. The second-order valence-corrected chi connectivity index (χ2v) is 4.69. The highest BCUT2D eigenvalue weighted by atomic mass is 19.1. The summed E-state index contributed by atoms with van der Waals surface area (Å²) in [6.07, 6.45) is 2.86. The van der Waals surface area contributed by atoms with E-state index in [0.29, 0.717) is 24.6 Å². The third-order valence-electron chi connectivity index (χ3n) is 2.71. The van der Waals surface area contributed by atoms with Crippen LogP contribution in [-0.4, -0.2) is 31.9 Å². The fraction of sp³-hybridized carbons (Fsp3) is 0.500. The van der Waals surface area contributed by atoms with Gasteiger partial charge < -0.3 is 10.4 Å². The number of aliphatic hydroxyl groups is 1. The summed E-state index contributed by atoms with van der Waals surface area (Å²) in [5, 5.41) is 17.1. The summed E-state index contributed by atoms with van der Waals surface area (Å²) in [7, 11) is 0. The van der Waals surface area contributed by atoms with Crippen LogP contribution in [0, 0.1) is 5.82 Å². The molecule has 0 aromatic carbocycles. The standard InChI is InChI=1S/C12H17FN4O/c1-3-6-12(2,18)8-14-11-15-10-5-4-9(13)7-17(10)16-11/h4-5,7,18H,3,6,8H2,1-2H3,(H,14,16). The lowest BCUT2D eigenvalue weighted by molar-refractivity contribution is 0.0635. The Morgan fingerprint density at radius 2 is 2.28 bits per heavy atom. The molecule has 0 amide bonds. The molecule has 1 atom stereocenters. The van der Waals surface area contributed by atoms with Crippen LogP contribution in [0.4, 0.5) is 10.3 Å². The lowest BCUT2D eigenvalue weighted by atomic mass is 10.0. The molecule has 0 aliphatic rings. The molecule has 5 nitrogen and oxygen atoms in total. The summed E-state index contributed by atoms with van der Waals surface area (Å²) in [4.78, 5) is 4.18. The van der Waals surface area contributed by atoms with Gasteiger partial charge in [0.1, 0.15) is 5.82 Å². The van der Waals surface area contributed by atoms with E-state index in [0.717, 1.165) is 6.42 Å². The Morgan fingerprint density at radius 3 is 3.00 bits per heavy atom. The van der Waals surface area contributed by atoms with E-state index < -0.39 is 5.60 Å². The zero-order chi connectivity index (χ0) is 13.2. The van der Waals surface area contributed by atoms with Gasteiger partial charge in [-0.1, -0.05) is 13.3 Å². The zero-order valence-corrected chi connectivity index (χ0v) is 10.5. The summed E-state index contributed by atoms with van der Waals surface area (Å²) in [5.74, 6) is 0.0221. The Hall–Kier alpha value is -1.69. The average Bonchev–Trinajstić information content (AvgIpc) is 2.68. The summed E-state index contributed by atoms with van der Waals surface area (Å²) in [5.41, 5.74) is -0.230. The molecule has 1 unspecified atom stereocenters. The molecule has 2 heterocycles. The molecule has 0 aliphatic heterocycles. The zero-order valence-electron chi connectivity index (χ0n) is 10.5. The largest absolute Gasteiger partial charge is 0.388 e. The lowest BCUT2D eigenvalue weighted by Gasteiger charge is -2.22. The van der Waals surface area contributed by atoms with E-state index in [1.165, 1.54) is 16.8 Å². The maximum atomic E-state index is 13.0. The summed E-state index contributed by atoms with van der Waals surface area (Å²) in [6, 6.07) is 2.89.